The van der Waals surface area contributed by atoms with E-state index in [1.807, 2.05) is 27.7 Å². The van der Waals surface area contributed by atoms with Gasteiger partial charge in [-0.1, -0.05) is 40.2 Å². The van der Waals surface area contributed by atoms with E-state index >= 15 is 0 Å². The van der Waals surface area contributed by atoms with Crippen molar-refractivity contribution in [3.05, 3.63) is 29.8 Å². The zero-order valence-electron chi connectivity index (χ0n) is 13.3. The molecule has 4 nitrogen and oxygen atoms in total. The maximum absolute atomic E-state index is 13.1. The standard InChI is InChI=1S/C16H24O4S/c1-6-10-16(5,15(2,3)4)21(19,20)13-9-7-8-12(11-13)14(17)18/h7-9,11H,6,10H2,1-5H3,(H,17,18). The van der Waals surface area contributed by atoms with Crippen LogP contribution in [0.4, 0.5) is 0 Å². The van der Waals surface area contributed by atoms with Crippen molar-refractivity contribution in [1.82, 2.24) is 0 Å². The van der Waals surface area contributed by atoms with Gasteiger partial charge in [0.15, 0.2) is 9.84 Å². The largest absolute Gasteiger partial charge is 0.478 e. The molecule has 0 aliphatic heterocycles. The predicted molar refractivity (Wildman–Crippen MR) is 83.4 cm³/mol. The maximum Gasteiger partial charge on any atom is 0.335 e. The Labute approximate surface area is 127 Å². The first-order chi connectivity index (χ1) is 9.47. The molecule has 1 N–H and O–H groups in total. The molecule has 0 saturated heterocycles. The second-order valence-electron chi connectivity index (χ2n) is 6.57. The third-order valence-corrected chi connectivity index (χ3v) is 7.18. The summed E-state index contributed by atoms with van der Waals surface area (Å²) in [5, 5.41) is 9.05. The molecular weight excluding hydrogens is 288 g/mol. The van der Waals surface area contributed by atoms with Crippen molar-refractivity contribution < 1.29 is 18.3 Å². The van der Waals surface area contributed by atoms with Crippen molar-refractivity contribution in [1.29, 1.82) is 0 Å². The summed E-state index contributed by atoms with van der Waals surface area (Å²) in [5.41, 5.74) is -0.468. The molecule has 5 heteroatoms. The second kappa shape index (κ2) is 5.79. The fraction of sp³-hybridized carbons (Fsp3) is 0.562. The molecule has 0 radical (unpaired) electrons. The molecule has 0 amide bonds. The number of sulfone groups is 1. The third-order valence-electron chi connectivity index (χ3n) is 4.30. The van der Waals surface area contributed by atoms with Gasteiger partial charge in [-0.05, 0) is 37.0 Å². The first-order valence-corrected chi connectivity index (χ1v) is 8.53. The first-order valence-electron chi connectivity index (χ1n) is 7.05. The van der Waals surface area contributed by atoms with Gasteiger partial charge in [-0.2, -0.15) is 0 Å². The molecule has 1 aromatic carbocycles. The highest BCUT2D eigenvalue weighted by Crippen LogP contribution is 2.43. The van der Waals surface area contributed by atoms with Crippen molar-refractivity contribution in [3.63, 3.8) is 0 Å². The Morgan fingerprint density at radius 3 is 2.19 bits per heavy atom. The fourth-order valence-corrected chi connectivity index (χ4v) is 4.79. The average Bonchev–Trinajstić information content (AvgIpc) is 2.37. The van der Waals surface area contributed by atoms with Crippen molar-refractivity contribution in [2.45, 2.75) is 57.1 Å². The van der Waals surface area contributed by atoms with Crippen LogP contribution in [0.3, 0.4) is 0 Å². The van der Waals surface area contributed by atoms with Crippen LogP contribution in [-0.2, 0) is 9.84 Å². The van der Waals surface area contributed by atoms with E-state index in [1.165, 1.54) is 24.3 Å². The summed E-state index contributed by atoms with van der Waals surface area (Å²) >= 11 is 0. The number of carbonyl (C=O) groups is 1. The molecule has 0 saturated carbocycles. The van der Waals surface area contributed by atoms with Crippen LogP contribution in [0.15, 0.2) is 29.2 Å². The molecule has 0 aromatic heterocycles. The van der Waals surface area contributed by atoms with Crippen LogP contribution in [0.2, 0.25) is 0 Å². The van der Waals surface area contributed by atoms with Gasteiger partial charge in [0.2, 0.25) is 0 Å². The molecule has 0 bridgehead atoms. The quantitative estimate of drug-likeness (QED) is 0.898. The smallest absolute Gasteiger partial charge is 0.335 e. The highest BCUT2D eigenvalue weighted by atomic mass is 32.2. The maximum atomic E-state index is 13.1. The molecule has 0 heterocycles. The minimum absolute atomic E-state index is 0.0103. The fourth-order valence-electron chi connectivity index (χ4n) is 2.45. The Kier molecular flexibility index (Phi) is 4.88. The van der Waals surface area contributed by atoms with Gasteiger partial charge in [-0.25, -0.2) is 13.2 Å². The molecule has 0 aliphatic rings. The van der Waals surface area contributed by atoms with Gasteiger partial charge < -0.3 is 5.11 Å². The summed E-state index contributed by atoms with van der Waals surface area (Å²) in [6, 6.07) is 5.60. The summed E-state index contributed by atoms with van der Waals surface area (Å²) in [6.45, 7) is 9.41. The first kappa shape index (κ1) is 17.7. The number of carboxylic acid groups (broad SMARTS) is 1. The number of benzene rings is 1. The minimum Gasteiger partial charge on any atom is -0.478 e. The van der Waals surface area contributed by atoms with Crippen LogP contribution >= 0.6 is 0 Å². The topological polar surface area (TPSA) is 71.4 Å². The normalized spacial score (nSPS) is 15.5. The molecule has 0 aliphatic carbocycles. The van der Waals surface area contributed by atoms with Crippen molar-refractivity contribution in [3.8, 4) is 0 Å². The molecule has 1 unspecified atom stereocenters. The monoisotopic (exact) mass is 312 g/mol. The highest BCUT2D eigenvalue weighted by molar-refractivity contribution is 7.92. The SMILES string of the molecule is CCCC(C)(C(C)(C)C)S(=O)(=O)c1cccc(C(=O)O)c1. The number of aromatic carboxylic acids is 1. The number of carboxylic acids is 1. The van der Waals surface area contributed by atoms with Crippen LogP contribution in [0.25, 0.3) is 0 Å². The molecule has 118 valence electrons. The van der Waals surface area contributed by atoms with Crippen LogP contribution < -0.4 is 0 Å². The summed E-state index contributed by atoms with van der Waals surface area (Å²) in [7, 11) is -3.64. The van der Waals surface area contributed by atoms with E-state index < -0.39 is 26.0 Å². The van der Waals surface area contributed by atoms with Gasteiger partial charge in [0.25, 0.3) is 0 Å². The van der Waals surface area contributed by atoms with Gasteiger partial charge in [-0.15, -0.1) is 0 Å². The molecule has 1 aromatic rings. The van der Waals surface area contributed by atoms with E-state index in [4.69, 9.17) is 5.11 Å². The number of hydrogen-bond acceptors (Lipinski definition) is 3. The lowest BCUT2D eigenvalue weighted by molar-refractivity contribution is 0.0696. The van der Waals surface area contributed by atoms with Crippen molar-refractivity contribution >= 4 is 15.8 Å². The lowest BCUT2D eigenvalue weighted by Crippen LogP contribution is -2.47. The number of hydrogen-bond donors (Lipinski definition) is 1. The molecule has 21 heavy (non-hydrogen) atoms. The van der Waals surface area contributed by atoms with E-state index in [2.05, 4.69) is 0 Å². The Morgan fingerprint density at radius 1 is 1.19 bits per heavy atom. The summed E-state index contributed by atoms with van der Waals surface area (Å²) in [6.07, 6.45) is 1.27. The van der Waals surface area contributed by atoms with Gasteiger partial charge in [0, 0.05) is 0 Å². The zero-order chi connectivity index (χ0) is 16.5. The summed E-state index contributed by atoms with van der Waals surface area (Å²) < 4.78 is 25.2. The van der Waals surface area contributed by atoms with Gasteiger partial charge in [-0.3, -0.25) is 0 Å². The van der Waals surface area contributed by atoms with E-state index in [0.29, 0.717) is 6.42 Å². The van der Waals surface area contributed by atoms with Crippen LogP contribution in [-0.4, -0.2) is 24.2 Å². The highest BCUT2D eigenvalue weighted by Gasteiger charge is 2.48. The van der Waals surface area contributed by atoms with E-state index in [9.17, 15) is 13.2 Å². The zero-order valence-corrected chi connectivity index (χ0v) is 14.1. The second-order valence-corrected chi connectivity index (χ2v) is 8.95. The lowest BCUT2D eigenvalue weighted by Gasteiger charge is -2.41. The summed E-state index contributed by atoms with van der Waals surface area (Å²) in [4.78, 5) is 11.1. The van der Waals surface area contributed by atoms with Crippen LogP contribution in [0.5, 0.6) is 0 Å². The van der Waals surface area contributed by atoms with E-state index in [1.54, 1.807) is 6.92 Å². The van der Waals surface area contributed by atoms with Crippen molar-refractivity contribution in [2.24, 2.45) is 5.41 Å². The Bertz CT molecular complexity index is 626. The van der Waals surface area contributed by atoms with E-state index in [0.717, 1.165) is 6.42 Å². The van der Waals surface area contributed by atoms with E-state index in [-0.39, 0.29) is 10.5 Å². The number of rotatable bonds is 5. The Balaban J connectivity index is 3.51. The lowest BCUT2D eigenvalue weighted by atomic mass is 9.78. The molecule has 0 spiro atoms. The summed E-state index contributed by atoms with van der Waals surface area (Å²) in [5.74, 6) is -1.12. The average molecular weight is 312 g/mol. The van der Waals surface area contributed by atoms with Crippen LogP contribution in [0, 0.1) is 5.41 Å². The Hall–Kier alpha value is -1.36. The minimum atomic E-state index is -3.64. The van der Waals surface area contributed by atoms with Gasteiger partial charge in [0.05, 0.1) is 15.2 Å². The molecule has 1 atom stereocenters. The van der Waals surface area contributed by atoms with Crippen LogP contribution in [0.1, 0.15) is 57.8 Å². The van der Waals surface area contributed by atoms with Crippen molar-refractivity contribution in [2.75, 3.05) is 0 Å². The third kappa shape index (κ3) is 3.12. The Morgan fingerprint density at radius 2 is 1.76 bits per heavy atom. The van der Waals surface area contributed by atoms with Gasteiger partial charge in [0.1, 0.15) is 0 Å². The molecule has 0 fully saturated rings. The molecular formula is C16H24O4S. The predicted octanol–water partition coefficient (Wildman–Crippen LogP) is 3.76. The van der Waals surface area contributed by atoms with Gasteiger partial charge >= 0.3 is 5.97 Å². The molecule has 1 rings (SSSR count).